The van der Waals surface area contributed by atoms with Crippen LogP contribution in [0.2, 0.25) is 0 Å². The van der Waals surface area contributed by atoms with Gasteiger partial charge in [0.1, 0.15) is 0 Å². The maximum Gasteiger partial charge on any atom is 0.316 e. The number of urea groups is 1. The average Bonchev–Trinajstić information content (AvgIpc) is 2.08. The summed E-state index contributed by atoms with van der Waals surface area (Å²) in [6, 6.07) is 6.74. The van der Waals surface area contributed by atoms with E-state index in [-0.39, 0.29) is 0 Å². The number of carbonyl (C=O) groups excluding carboxylic acids is 1. The SMILES string of the molecule is COCc1ccc(NC(N)=O)cc1. The van der Waals surface area contributed by atoms with Gasteiger partial charge >= 0.3 is 6.03 Å². The summed E-state index contributed by atoms with van der Waals surface area (Å²) < 4.78 is 4.94. The number of ether oxygens (including phenoxy) is 1. The van der Waals surface area contributed by atoms with E-state index in [4.69, 9.17) is 10.5 Å². The molecule has 0 unspecified atom stereocenters. The summed E-state index contributed by atoms with van der Waals surface area (Å²) in [6.45, 7) is 0.566. The molecular weight excluding hydrogens is 168 g/mol. The van der Waals surface area contributed by atoms with Crippen molar-refractivity contribution in [3.63, 3.8) is 0 Å². The zero-order valence-electron chi connectivity index (χ0n) is 7.41. The Hall–Kier alpha value is -1.55. The van der Waals surface area contributed by atoms with Gasteiger partial charge in [-0.05, 0) is 17.7 Å². The van der Waals surface area contributed by atoms with Gasteiger partial charge in [-0.25, -0.2) is 4.79 Å². The molecule has 0 spiro atoms. The molecule has 0 aliphatic rings. The highest BCUT2D eigenvalue weighted by atomic mass is 16.5. The van der Waals surface area contributed by atoms with Crippen LogP contribution in [0.4, 0.5) is 10.5 Å². The van der Waals surface area contributed by atoms with E-state index in [1.165, 1.54) is 0 Å². The standard InChI is InChI=1S/C9H12N2O2/c1-13-6-7-2-4-8(5-3-7)11-9(10)12/h2-5H,6H2,1H3,(H3,10,11,12). The lowest BCUT2D eigenvalue weighted by Crippen LogP contribution is -2.19. The van der Waals surface area contributed by atoms with E-state index in [1.807, 2.05) is 12.1 Å². The summed E-state index contributed by atoms with van der Waals surface area (Å²) in [6.07, 6.45) is 0. The van der Waals surface area contributed by atoms with Crippen molar-refractivity contribution in [1.82, 2.24) is 0 Å². The van der Waals surface area contributed by atoms with Crippen LogP contribution in [0.1, 0.15) is 5.56 Å². The molecule has 1 aromatic carbocycles. The van der Waals surface area contributed by atoms with Crippen molar-refractivity contribution in [2.24, 2.45) is 5.73 Å². The van der Waals surface area contributed by atoms with Crippen LogP contribution in [0, 0.1) is 0 Å². The molecular formula is C9H12N2O2. The quantitative estimate of drug-likeness (QED) is 0.736. The zero-order chi connectivity index (χ0) is 9.68. The van der Waals surface area contributed by atoms with Gasteiger partial charge in [-0.15, -0.1) is 0 Å². The highest BCUT2D eigenvalue weighted by Crippen LogP contribution is 2.09. The third-order valence-electron chi connectivity index (χ3n) is 1.53. The smallest absolute Gasteiger partial charge is 0.316 e. The minimum atomic E-state index is -0.556. The van der Waals surface area contributed by atoms with Crippen molar-refractivity contribution in [3.05, 3.63) is 29.8 Å². The van der Waals surface area contributed by atoms with Crippen molar-refractivity contribution in [2.45, 2.75) is 6.61 Å². The molecule has 0 aromatic heterocycles. The molecule has 0 aliphatic heterocycles. The first kappa shape index (κ1) is 9.54. The number of nitrogens with two attached hydrogens (primary N) is 1. The van der Waals surface area contributed by atoms with E-state index < -0.39 is 6.03 Å². The van der Waals surface area contributed by atoms with Gasteiger partial charge in [0.15, 0.2) is 0 Å². The number of rotatable bonds is 3. The van der Waals surface area contributed by atoms with Gasteiger partial charge in [-0.3, -0.25) is 0 Å². The normalized spacial score (nSPS) is 9.62. The van der Waals surface area contributed by atoms with Gasteiger partial charge in [-0.1, -0.05) is 12.1 Å². The van der Waals surface area contributed by atoms with Crippen molar-refractivity contribution >= 4 is 11.7 Å². The fourth-order valence-electron chi connectivity index (χ4n) is 0.993. The highest BCUT2D eigenvalue weighted by molar-refractivity contribution is 5.87. The van der Waals surface area contributed by atoms with Crippen molar-refractivity contribution in [1.29, 1.82) is 0 Å². The predicted octanol–water partition coefficient (Wildman–Crippen LogP) is 1.32. The third kappa shape index (κ3) is 3.13. The summed E-state index contributed by atoms with van der Waals surface area (Å²) in [5.41, 5.74) is 6.69. The van der Waals surface area contributed by atoms with Crippen LogP contribution < -0.4 is 11.1 Å². The Bertz CT molecular complexity index is 282. The molecule has 4 heteroatoms. The molecule has 0 saturated carbocycles. The first-order chi connectivity index (χ1) is 6.22. The second-order valence-corrected chi connectivity index (χ2v) is 2.62. The monoisotopic (exact) mass is 180 g/mol. The van der Waals surface area contributed by atoms with Crippen molar-refractivity contribution in [2.75, 3.05) is 12.4 Å². The van der Waals surface area contributed by atoms with Crippen LogP contribution in [0.3, 0.4) is 0 Å². The Kier molecular flexibility index (Phi) is 3.28. The van der Waals surface area contributed by atoms with E-state index in [2.05, 4.69) is 5.32 Å². The van der Waals surface area contributed by atoms with Crippen LogP contribution in [-0.2, 0) is 11.3 Å². The zero-order valence-corrected chi connectivity index (χ0v) is 7.41. The van der Waals surface area contributed by atoms with Gasteiger partial charge in [0.2, 0.25) is 0 Å². The number of benzene rings is 1. The largest absolute Gasteiger partial charge is 0.380 e. The van der Waals surface area contributed by atoms with E-state index in [0.717, 1.165) is 5.56 Å². The van der Waals surface area contributed by atoms with Crippen LogP contribution in [0.15, 0.2) is 24.3 Å². The molecule has 0 saturated heterocycles. The average molecular weight is 180 g/mol. The molecule has 3 N–H and O–H groups in total. The molecule has 0 fully saturated rings. The Morgan fingerprint density at radius 2 is 2.08 bits per heavy atom. The summed E-state index contributed by atoms with van der Waals surface area (Å²) >= 11 is 0. The number of carbonyl (C=O) groups is 1. The number of methoxy groups -OCH3 is 1. The number of nitrogens with one attached hydrogen (secondary N) is 1. The first-order valence-electron chi connectivity index (χ1n) is 3.86. The van der Waals surface area contributed by atoms with Crippen LogP contribution in [0.5, 0.6) is 0 Å². The molecule has 70 valence electrons. The second-order valence-electron chi connectivity index (χ2n) is 2.62. The minimum absolute atomic E-state index is 0.556. The number of primary amides is 1. The first-order valence-corrected chi connectivity index (χ1v) is 3.86. The Morgan fingerprint density at radius 3 is 2.54 bits per heavy atom. The minimum Gasteiger partial charge on any atom is -0.380 e. The summed E-state index contributed by atoms with van der Waals surface area (Å²) in [4.78, 5) is 10.5. The maximum atomic E-state index is 10.5. The summed E-state index contributed by atoms with van der Waals surface area (Å²) in [5, 5.41) is 2.47. The van der Waals surface area contributed by atoms with E-state index in [1.54, 1.807) is 19.2 Å². The molecule has 1 rings (SSSR count). The van der Waals surface area contributed by atoms with Gasteiger partial charge < -0.3 is 15.8 Å². The molecule has 13 heavy (non-hydrogen) atoms. The lowest BCUT2D eigenvalue weighted by atomic mass is 10.2. The number of hydrogen-bond acceptors (Lipinski definition) is 2. The molecule has 4 nitrogen and oxygen atoms in total. The summed E-state index contributed by atoms with van der Waals surface area (Å²) in [7, 11) is 1.63. The van der Waals surface area contributed by atoms with Gasteiger partial charge in [0.25, 0.3) is 0 Å². The molecule has 0 radical (unpaired) electrons. The van der Waals surface area contributed by atoms with E-state index in [9.17, 15) is 4.79 Å². The van der Waals surface area contributed by atoms with Crippen LogP contribution >= 0.6 is 0 Å². The maximum absolute atomic E-state index is 10.5. The topological polar surface area (TPSA) is 64.3 Å². The molecule has 0 bridgehead atoms. The summed E-state index contributed by atoms with van der Waals surface area (Å²) in [5.74, 6) is 0. The van der Waals surface area contributed by atoms with Gasteiger partial charge in [-0.2, -0.15) is 0 Å². The molecule has 0 heterocycles. The van der Waals surface area contributed by atoms with E-state index in [0.29, 0.717) is 12.3 Å². The predicted molar refractivity (Wildman–Crippen MR) is 50.4 cm³/mol. The molecule has 0 aliphatic carbocycles. The molecule has 1 aromatic rings. The van der Waals surface area contributed by atoms with Crippen LogP contribution in [-0.4, -0.2) is 13.1 Å². The highest BCUT2D eigenvalue weighted by Gasteiger charge is 1.95. The second kappa shape index (κ2) is 4.47. The number of anilines is 1. The van der Waals surface area contributed by atoms with Crippen LogP contribution in [0.25, 0.3) is 0 Å². The van der Waals surface area contributed by atoms with Gasteiger partial charge in [0, 0.05) is 12.8 Å². The van der Waals surface area contributed by atoms with Crippen molar-refractivity contribution in [3.8, 4) is 0 Å². The fraction of sp³-hybridized carbons (Fsp3) is 0.222. The Labute approximate surface area is 76.7 Å². The lowest BCUT2D eigenvalue weighted by Gasteiger charge is -2.03. The lowest BCUT2D eigenvalue weighted by molar-refractivity contribution is 0.185. The van der Waals surface area contributed by atoms with E-state index >= 15 is 0 Å². The Morgan fingerprint density at radius 1 is 1.46 bits per heavy atom. The van der Waals surface area contributed by atoms with Gasteiger partial charge in [0.05, 0.1) is 6.61 Å². The fourth-order valence-corrected chi connectivity index (χ4v) is 0.993. The third-order valence-corrected chi connectivity index (χ3v) is 1.53. The van der Waals surface area contributed by atoms with Crippen molar-refractivity contribution < 1.29 is 9.53 Å². The number of amides is 2. The molecule has 2 amide bonds. The number of hydrogen-bond donors (Lipinski definition) is 2. The molecule has 0 atom stereocenters. The Balaban J connectivity index is 2.64.